The minimum absolute atomic E-state index is 0.157. The number of rotatable bonds is 6. The zero-order valence-electron chi connectivity index (χ0n) is 13.8. The summed E-state index contributed by atoms with van der Waals surface area (Å²) < 4.78 is 12.9. The Morgan fingerprint density at radius 2 is 1.71 bits per heavy atom. The molecule has 2 aromatic carbocycles. The first-order chi connectivity index (χ1) is 11.7. The number of nitrogens with zero attached hydrogens (tertiary/aromatic N) is 1. The van der Waals surface area contributed by atoms with E-state index < -0.39 is 0 Å². The first kappa shape index (κ1) is 17.2. The molecule has 1 nitrogen and oxygen atoms in total. The lowest BCUT2D eigenvalue weighted by Gasteiger charge is -2.26. The second kappa shape index (κ2) is 8.46. The molecule has 3 rings (SSSR count). The molecule has 126 valence electrons. The largest absolute Gasteiger partial charge is 0.299 e. The highest BCUT2D eigenvalue weighted by Crippen LogP contribution is 2.23. The van der Waals surface area contributed by atoms with Gasteiger partial charge in [-0.2, -0.15) is 0 Å². The standard InChI is InChI=1S/C21H23ClFN/c22-20-8-6-18(7-9-20)19-12-15-24(16-13-19)14-2-1-3-17-4-10-21(23)11-5-17/h4-12H,1-3,13-16H2. The van der Waals surface area contributed by atoms with Gasteiger partial charge in [-0.25, -0.2) is 4.39 Å². The van der Waals surface area contributed by atoms with Crippen LogP contribution in [0.1, 0.15) is 30.4 Å². The molecule has 0 radical (unpaired) electrons. The minimum atomic E-state index is -0.157. The molecule has 0 aromatic heterocycles. The highest BCUT2D eigenvalue weighted by atomic mass is 35.5. The zero-order valence-corrected chi connectivity index (χ0v) is 14.6. The van der Waals surface area contributed by atoms with E-state index in [-0.39, 0.29) is 5.82 Å². The maximum Gasteiger partial charge on any atom is 0.123 e. The van der Waals surface area contributed by atoms with Crippen LogP contribution in [-0.4, -0.2) is 24.5 Å². The van der Waals surface area contributed by atoms with Crippen LogP contribution in [0.3, 0.4) is 0 Å². The maximum atomic E-state index is 12.9. The second-order valence-electron chi connectivity index (χ2n) is 6.37. The van der Waals surface area contributed by atoms with Gasteiger partial charge in [-0.15, -0.1) is 0 Å². The first-order valence-electron chi connectivity index (χ1n) is 8.62. The van der Waals surface area contributed by atoms with Gasteiger partial charge < -0.3 is 0 Å². The maximum absolute atomic E-state index is 12.9. The SMILES string of the molecule is Fc1ccc(CCCCN2CC=C(c3ccc(Cl)cc3)CC2)cc1. The Morgan fingerprint density at radius 3 is 2.38 bits per heavy atom. The van der Waals surface area contributed by atoms with Crippen LogP contribution >= 0.6 is 11.6 Å². The van der Waals surface area contributed by atoms with Gasteiger partial charge in [0.2, 0.25) is 0 Å². The predicted octanol–water partition coefficient (Wildman–Crippen LogP) is 5.59. The van der Waals surface area contributed by atoms with Gasteiger partial charge in [0.1, 0.15) is 5.82 Å². The van der Waals surface area contributed by atoms with E-state index in [1.165, 1.54) is 23.1 Å². The Balaban J connectivity index is 1.40. The van der Waals surface area contributed by atoms with E-state index in [4.69, 9.17) is 11.6 Å². The molecule has 0 bridgehead atoms. The summed E-state index contributed by atoms with van der Waals surface area (Å²) in [6.07, 6.45) is 6.80. The van der Waals surface area contributed by atoms with Crippen molar-refractivity contribution in [2.24, 2.45) is 0 Å². The number of unbranched alkanes of at least 4 members (excludes halogenated alkanes) is 1. The Kier molecular flexibility index (Phi) is 6.06. The van der Waals surface area contributed by atoms with E-state index in [0.717, 1.165) is 43.9 Å². The van der Waals surface area contributed by atoms with Gasteiger partial charge in [-0.1, -0.05) is 41.9 Å². The molecular weight excluding hydrogens is 321 g/mol. The van der Waals surface area contributed by atoms with E-state index in [9.17, 15) is 4.39 Å². The van der Waals surface area contributed by atoms with Crippen LogP contribution in [0.4, 0.5) is 4.39 Å². The number of hydrogen-bond acceptors (Lipinski definition) is 1. The summed E-state index contributed by atoms with van der Waals surface area (Å²) in [5.41, 5.74) is 3.93. The van der Waals surface area contributed by atoms with Crippen LogP contribution in [0.25, 0.3) is 5.57 Å². The molecule has 0 saturated carbocycles. The van der Waals surface area contributed by atoms with Crippen molar-refractivity contribution in [3.8, 4) is 0 Å². The summed E-state index contributed by atoms with van der Waals surface area (Å²) in [7, 11) is 0. The Morgan fingerprint density at radius 1 is 0.958 bits per heavy atom. The molecule has 0 atom stereocenters. The predicted molar refractivity (Wildman–Crippen MR) is 99.8 cm³/mol. The van der Waals surface area contributed by atoms with Gasteiger partial charge >= 0.3 is 0 Å². The van der Waals surface area contributed by atoms with Gasteiger partial charge in [0.15, 0.2) is 0 Å². The quantitative estimate of drug-likeness (QED) is 0.618. The van der Waals surface area contributed by atoms with Crippen molar-refractivity contribution in [3.63, 3.8) is 0 Å². The first-order valence-corrected chi connectivity index (χ1v) is 9.00. The molecule has 0 fully saturated rings. The summed E-state index contributed by atoms with van der Waals surface area (Å²) in [5.74, 6) is -0.157. The van der Waals surface area contributed by atoms with Crippen molar-refractivity contribution in [1.82, 2.24) is 4.90 Å². The van der Waals surface area contributed by atoms with Gasteiger partial charge in [0, 0.05) is 18.1 Å². The normalized spacial score (nSPS) is 15.3. The van der Waals surface area contributed by atoms with Crippen molar-refractivity contribution >= 4 is 17.2 Å². The number of benzene rings is 2. The molecule has 0 amide bonds. The van der Waals surface area contributed by atoms with Crippen LogP contribution in [0.5, 0.6) is 0 Å². The van der Waals surface area contributed by atoms with Gasteiger partial charge in [0.05, 0.1) is 0 Å². The summed E-state index contributed by atoms with van der Waals surface area (Å²) in [6, 6.07) is 15.0. The van der Waals surface area contributed by atoms with E-state index in [2.05, 4.69) is 23.1 Å². The van der Waals surface area contributed by atoms with Crippen LogP contribution in [0, 0.1) is 5.82 Å². The van der Waals surface area contributed by atoms with Crippen molar-refractivity contribution in [2.45, 2.75) is 25.7 Å². The number of halogens is 2. The van der Waals surface area contributed by atoms with Crippen molar-refractivity contribution in [1.29, 1.82) is 0 Å². The highest BCUT2D eigenvalue weighted by Gasteiger charge is 2.12. The van der Waals surface area contributed by atoms with Gasteiger partial charge in [-0.3, -0.25) is 4.90 Å². The summed E-state index contributed by atoms with van der Waals surface area (Å²) in [4.78, 5) is 2.50. The topological polar surface area (TPSA) is 3.24 Å². The highest BCUT2D eigenvalue weighted by molar-refractivity contribution is 6.30. The number of aryl methyl sites for hydroxylation is 1. The summed E-state index contributed by atoms with van der Waals surface area (Å²) >= 11 is 5.95. The summed E-state index contributed by atoms with van der Waals surface area (Å²) in [5, 5.41) is 0.790. The van der Waals surface area contributed by atoms with E-state index in [1.807, 2.05) is 24.3 Å². The molecule has 0 unspecified atom stereocenters. The van der Waals surface area contributed by atoms with E-state index in [1.54, 1.807) is 12.1 Å². The lowest BCUT2D eigenvalue weighted by molar-refractivity contribution is 0.295. The molecule has 0 N–H and O–H groups in total. The number of hydrogen-bond donors (Lipinski definition) is 0. The molecule has 1 aliphatic heterocycles. The third-order valence-corrected chi connectivity index (χ3v) is 4.86. The summed E-state index contributed by atoms with van der Waals surface area (Å²) in [6.45, 7) is 3.27. The Hall–Kier alpha value is -1.64. The fourth-order valence-electron chi connectivity index (χ4n) is 3.16. The fraction of sp³-hybridized carbons (Fsp3) is 0.333. The minimum Gasteiger partial charge on any atom is -0.299 e. The lowest BCUT2D eigenvalue weighted by atomic mass is 9.99. The van der Waals surface area contributed by atoms with Crippen LogP contribution < -0.4 is 0 Å². The average Bonchev–Trinajstić information content (AvgIpc) is 2.62. The Bertz CT molecular complexity index is 676. The second-order valence-corrected chi connectivity index (χ2v) is 6.81. The average molecular weight is 344 g/mol. The van der Waals surface area contributed by atoms with Crippen molar-refractivity contribution in [3.05, 3.63) is 76.6 Å². The molecule has 0 aliphatic carbocycles. The van der Waals surface area contributed by atoms with Crippen molar-refractivity contribution in [2.75, 3.05) is 19.6 Å². The molecule has 1 heterocycles. The van der Waals surface area contributed by atoms with E-state index in [0.29, 0.717) is 0 Å². The molecule has 3 heteroatoms. The third-order valence-electron chi connectivity index (χ3n) is 4.61. The molecule has 0 spiro atoms. The lowest BCUT2D eigenvalue weighted by Crippen LogP contribution is -2.29. The molecular formula is C21H23ClFN. The van der Waals surface area contributed by atoms with Gasteiger partial charge in [-0.05, 0) is 73.2 Å². The zero-order chi connectivity index (χ0) is 16.8. The van der Waals surface area contributed by atoms with E-state index >= 15 is 0 Å². The third kappa shape index (κ3) is 4.93. The fourth-order valence-corrected chi connectivity index (χ4v) is 3.28. The monoisotopic (exact) mass is 343 g/mol. The Labute approximate surface area is 148 Å². The molecule has 24 heavy (non-hydrogen) atoms. The van der Waals surface area contributed by atoms with Crippen LogP contribution in [-0.2, 0) is 6.42 Å². The molecule has 0 saturated heterocycles. The van der Waals surface area contributed by atoms with Gasteiger partial charge in [0.25, 0.3) is 0 Å². The van der Waals surface area contributed by atoms with Crippen LogP contribution in [0.15, 0.2) is 54.6 Å². The van der Waals surface area contributed by atoms with Crippen LogP contribution in [0.2, 0.25) is 5.02 Å². The molecule has 2 aromatic rings. The smallest absolute Gasteiger partial charge is 0.123 e. The van der Waals surface area contributed by atoms with Crippen molar-refractivity contribution < 1.29 is 4.39 Å². The molecule has 1 aliphatic rings.